The van der Waals surface area contributed by atoms with Gasteiger partial charge in [0.05, 0.1) is 13.2 Å². The van der Waals surface area contributed by atoms with Gasteiger partial charge in [-0.15, -0.1) is 0 Å². The Hall–Kier alpha value is -1.39. The number of likely N-dealkylation sites (N-methyl/N-ethyl adjacent to an activating group) is 1. The number of hydrogen-bond acceptors (Lipinski definition) is 3. The molecule has 1 heterocycles. The maximum Gasteiger partial charge on any atom is 0.237 e. The number of rotatable bonds is 5. The molecule has 1 aromatic rings. The first-order chi connectivity index (χ1) is 9.24. The highest BCUT2D eigenvalue weighted by Gasteiger charge is 2.21. The lowest BCUT2D eigenvalue weighted by Crippen LogP contribution is -2.43. The van der Waals surface area contributed by atoms with Gasteiger partial charge in [-0.2, -0.15) is 0 Å². The largest absolute Gasteiger partial charge is 0.395 e. The van der Waals surface area contributed by atoms with Gasteiger partial charge in [0.2, 0.25) is 5.91 Å². The zero-order valence-electron chi connectivity index (χ0n) is 11.5. The van der Waals surface area contributed by atoms with E-state index in [4.69, 9.17) is 5.11 Å². The van der Waals surface area contributed by atoms with Crippen LogP contribution in [0.5, 0.6) is 0 Å². The van der Waals surface area contributed by atoms with Crippen LogP contribution in [-0.4, -0.2) is 53.6 Å². The van der Waals surface area contributed by atoms with Crippen molar-refractivity contribution in [1.29, 1.82) is 0 Å². The highest BCUT2D eigenvalue weighted by atomic mass is 16.3. The molecule has 19 heavy (non-hydrogen) atoms. The molecule has 0 fully saturated rings. The van der Waals surface area contributed by atoms with E-state index in [0.29, 0.717) is 19.6 Å². The minimum absolute atomic E-state index is 0.101. The van der Waals surface area contributed by atoms with Gasteiger partial charge < -0.3 is 10.0 Å². The normalized spacial score (nSPS) is 14.6. The zero-order chi connectivity index (χ0) is 13.7. The van der Waals surface area contributed by atoms with Crippen LogP contribution in [0.3, 0.4) is 0 Å². The topological polar surface area (TPSA) is 43.8 Å². The fourth-order valence-corrected chi connectivity index (χ4v) is 2.49. The number of hydrogen-bond donors (Lipinski definition) is 1. The van der Waals surface area contributed by atoms with Crippen molar-refractivity contribution in [2.75, 3.05) is 32.8 Å². The van der Waals surface area contributed by atoms with Crippen molar-refractivity contribution in [1.82, 2.24) is 9.80 Å². The molecule has 1 aliphatic heterocycles. The average Bonchev–Trinajstić information content (AvgIpc) is 2.46. The summed E-state index contributed by atoms with van der Waals surface area (Å²) in [5.41, 5.74) is 2.61. The van der Waals surface area contributed by atoms with Crippen LogP contribution in [0.1, 0.15) is 18.1 Å². The zero-order valence-corrected chi connectivity index (χ0v) is 11.5. The summed E-state index contributed by atoms with van der Waals surface area (Å²) in [6.07, 6.45) is 0.939. The van der Waals surface area contributed by atoms with E-state index in [1.54, 1.807) is 0 Å². The van der Waals surface area contributed by atoms with E-state index in [1.165, 1.54) is 11.1 Å². The quantitative estimate of drug-likeness (QED) is 0.857. The second-order valence-electron chi connectivity index (χ2n) is 4.93. The standard InChI is InChI=1S/C15H22N2O2/c1-2-16(9-10-18)12-15(19)17-8-7-13-5-3-4-6-14(13)11-17/h3-6,18H,2,7-12H2,1H3. The summed E-state index contributed by atoms with van der Waals surface area (Å²) in [7, 11) is 0. The van der Waals surface area contributed by atoms with Crippen LogP contribution in [0.25, 0.3) is 0 Å². The molecule has 4 nitrogen and oxygen atoms in total. The summed E-state index contributed by atoms with van der Waals surface area (Å²) in [6.45, 7) is 5.37. The van der Waals surface area contributed by atoms with E-state index in [9.17, 15) is 4.79 Å². The number of aliphatic hydroxyl groups excluding tert-OH is 1. The van der Waals surface area contributed by atoms with Crippen molar-refractivity contribution >= 4 is 5.91 Å². The van der Waals surface area contributed by atoms with Crippen LogP contribution >= 0.6 is 0 Å². The Balaban J connectivity index is 1.95. The third-order valence-corrected chi connectivity index (χ3v) is 3.71. The average molecular weight is 262 g/mol. The molecule has 0 aliphatic carbocycles. The fourth-order valence-electron chi connectivity index (χ4n) is 2.49. The van der Waals surface area contributed by atoms with Crippen molar-refractivity contribution in [3.63, 3.8) is 0 Å². The molecule has 104 valence electrons. The lowest BCUT2D eigenvalue weighted by molar-refractivity contribution is -0.133. The van der Waals surface area contributed by atoms with Crippen LogP contribution in [-0.2, 0) is 17.8 Å². The van der Waals surface area contributed by atoms with E-state index in [2.05, 4.69) is 18.2 Å². The fraction of sp³-hybridized carbons (Fsp3) is 0.533. The van der Waals surface area contributed by atoms with Crippen molar-refractivity contribution in [3.05, 3.63) is 35.4 Å². The van der Waals surface area contributed by atoms with Gasteiger partial charge >= 0.3 is 0 Å². The number of nitrogens with zero attached hydrogens (tertiary/aromatic N) is 2. The van der Waals surface area contributed by atoms with Gasteiger partial charge in [-0.25, -0.2) is 0 Å². The highest BCUT2D eigenvalue weighted by Crippen LogP contribution is 2.18. The molecule has 0 bridgehead atoms. The Bertz CT molecular complexity index is 434. The van der Waals surface area contributed by atoms with E-state index in [1.807, 2.05) is 22.8 Å². The summed E-state index contributed by atoms with van der Waals surface area (Å²) >= 11 is 0. The third-order valence-electron chi connectivity index (χ3n) is 3.71. The molecule has 1 amide bonds. The van der Waals surface area contributed by atoms with Crippen molar-refractivity contribution < 1.29 is 9.90 Å². The first-order valence-corrected chi connectivity index (χ1v) is 6.92. The van der Waals surface area contributed by atoms with Crippen LogP contribution in [0.2, 0.25) is 0 Å². The molecular weight excluding hydrogens is 240 g/mol. The monoisotopic (exact) mass is 262 g/mol. The maximum atomic E-state index is 12.3. The second kappa shape index (κ2) is 6.68. The summed E-state index contributed by atoms with van der Waals surface area (Å²) in [5, 5.41) is 8.95. The highest BCUT2D eigenvalue weighted by molar-refractivity contribution is 5.78. The lowest BCUT2D eigenvalue weighted by Gasteiger charge is -2.30. The van der Waals surface area contributed by atoms with Crippen LogP contribution in [0, 0.1) is 0 Å². The van der Waals surface area contributed by atoms with E-state index < -0.39 is 0 Å². The van der Waals surface area contributed by atoms with Gasteiger partial charge in [0.15, 0.2) is 0 Å². The number of benzene rings is 1. The minimum atomic E-state index is 0.101. The smallest absolute Gasteiger partial charge is 0.237 e. The van der Waals surface area contributed by atoms with Gasteiger partial charge in [0.25, 0.3) is 0 Å². The van der Waals surface area contributed by atoms with Crippen LogP contribution in [0.4, 0.5) is 0 Å². The Kier molecular flexibility index (Phi) is 4.93. The molecule has 2 rings (SSSR count). The molecule has 1 aliphatic rings. The first kappa shape index (κ1) is 14.0. The summed E-state index contributed by atoms with van der Waals surface area (Å²) < 4.78 is 0. The van der Waals surface area contributed by atoms with Crippen molar-refractivity contribution in [3.8, 4) is 0 Å². The Morgan fingerprint density at radius 1 is 1.37 bits per heavy atom. The maximum absolute atomic E-state index is 12.3. The number of carbonyl (C=O) groups excluding carboxylic acids is 1. The van der Waals surface area contributed by atoms with Crippen LogP contribution < -0.4 is 0 Å². The van der Waals surface area contributed by atoms with Gasteiger partial charge in [0, 0.05) is 19.6 Å². The summed E-state index contributed by atoms with van der Waals surface area (Å²) in [6, 6.07) is 8.31. The van der Waals surface area contributed by atoms with Gasteiger partial charge in [-0.3, -0.25) is 9.69 Å². The Labute approximate surface area is 114 Å². The van der Waals surface area contributed by atoms with Crippen LogP contribution in [0.15, 0.2) is 24.3 Å². The molecule has 0 radical (unpaired) electrons. The summed E-state index contributed by atoms with van der Waals surface area (Å²) in [4.78, 5) is 16.1. The van der Waals surface area contributed by atoms with Gasteiger partial charge in [0.1, 0.15) is 0 Å². The molecule has 4 heteroatoms. The van der Waals surface area contributed by atoms with E-state index in [0.717, 1.165) is 19.5 Å². The molecule has 0 saturated carbocycles. The predicted octanol–water partition coefficient (Wildman–Crippen LogP) is 0.885. The number of amides is 1. The number of aliphatic hydroxyl groups is 1. The number of carbonyl (C=O) groups is 1. The molecule has 0 spiro atoms. The number of fused-ring (bicyclic) bond motifs is 1. The second-order valence-corrected chi connectivity index (χ2v) is 4.93. The van der Waals surface area contributed by atoms with Gasteiger partial charge in [-0.1, -0.05) is 31.2 Å². The van der Waals surface area contributed by atoms with Crippen molar-refractivity contribution in [2.24, 2.45) is 0 Å². The molecule has 0 atom stereocenters. The Morgan fingerprint density at radius 2 is 2.11 bits per heavy atom. The molecule has 0 saturated heterocycles. The van der Waals surface area contributed by atoms with E-state index >= 15 is 0 Å². The van der Waals surface area contributed by atoms with Crippen molar-refractivity contribution in [2.45, 2.75) is 19.9 Å². The first-order valence-electron chi connectivity index (χ1n) is 6.92. The van der Waals surface area contributed by atoms with E-state index in [-0.39, 0.29) is 12.5 Å². The summed E-state index contributed by atoms with van der Waals surface area (Å²) in [5.74, 6) is 0.157. The molecule has 1 aromatic carbocycles. The molecule has 1 N–H and O–H groups in total. The molecular formula is C15H22N2O2. The van der Waals surface area contributed by atoms with Gasteiger partial charge in [-0.05, 0) is 24.1 Å². The Morgan fingerprint density at radius 3 is 2.79 bits per heavy atom. The predicted molar refractivity (Wildman–Crippen MR) is 74.8 cm³/mol. The third kappa shape index (κ3) is 3.55. The lowest BCUT2D eigenvalue weighted by atomic mass is 10.00. The molecule has 0 aromatic heterocycles. The SMILES string of the molecule is CCN(CCO)CC(=O)N1CCc2ccccc2C1. The minimum Gasteiger partial charge on any atom is -0.395 e. The molecule has 0 unspecified atom stereocenters.